The number of allylic oxidation sites excluding steroid dienone is 2. The highest BCUT2D eigenvalue weighted by Gasteiger charge is 2.11. The van der Waals surface area contributed by atoms with Gasteiger partial charge in [0.1, 0.15) is 6.26 Å². The van der Waals surface area contributed by atoms with Gasteiger partial charge in [-0.25, -0.2) is 19.0 Å². The maximum atomic E-state index is 10.5. The van der Waals surface area contributed by atoms with E-state index in [4.69, 9.17) is 5.14 Å². The summed E-state index contributed by atoms with van der Waals surface area (Å²) < 4.78 is 21.0. The van der Waals surface area contributed by atoms with Crippen LogP contribution >= 0.6 is 12.4 Å². The molecule has 0 saturated carbocycles. The number of hydrogen-bond acceptors (Lipinski definition) is 4. The number of hydroxylamine groups is 1. The summed E-state index contributed by atoms with van der Waals surface area (Å²) in [6.07, 6.45) is 4.03. The number of primary sulfonamides is 1. The number of halogens is 1. The molecule has 0 unspecified atom stereocenters. The van der Waals surface area contributed by atoms with Gasteiger partial charge in [0.15, 0.2) is 5.03 Å². The Morgan fingerprint density at radius 1 is 1.55 bits per heavy atom. The van der Waals surface area contributed by atoms with Crippen LogP contribution in [0.4, 0.5) is 0 Å². The van der Waals surface area contributed by atoms with E-state index in [9.17, 15) is 8.42 Å². The summed E-state index contributed by atoms with van der Waals surface area (Å²) in [5, 5.41) is 4.59. The van der Waals surface area contributed by atoms with Crippen LogP contribution in [0.1, 0.15) is 0 Å². The highest BCUT2D eigenvalue weighted by atomic mass is 35.5. The van der Waals surface area contributed by atoms with E-state index in [0.717, 1.165) is 0 Å². The van der Waals surface area contributed by atoms with Gasteiger partial charge in [0.2, 0.25) is 0 Å². The zero-order valence-corrected chi connectivity index (χ0v) is 6.98. The van der Waals surface area contributed by atoms with E-state index < -0.39 is 10.0 Å². The van der Waals surface area contributed by atoms with Gasteiger partial charge < -0.3 is 4.84 Å². The molecule has 3 N–H and O–H groups in total. The number of nitrogens with two attached hydrogens (primary N) is 1. The Morgan fingerprint density at radius 3 is 2.45 bits per heavy atom. The van der Waals surface area contributed by atoms with E-state index in [1.807, 2.05) is 0 Å². The van der Waals surface area contributed by atoms with Crippen LogP contribution in [0.25, 0.3) is 0 Å². The van der Waals surface area contributed by atoms with Gasteiger partial charge in [-0.3, -0.25) is 0 Å². The van der Waals surface area contributed by atoms with Crippen molar-refractivity contribution in [3.63, 3.8) is 0 Å². The van der Waals surface area contributed by atoms with E-state index in [2.05, 4.69) is 10.3 Å². The minimum Gasteiger partial charge on any atom is -0.389 e. The average Bonchev–Trinajstić information content (AvgIpc) is 1.88. The second kappa shape index (κ2) is 3.61. The molecule has 0 radical (unpaired) electrons. The van der Waals surface area contributed by atoms with Crippen molar-refractivity contribution in [2.45, 2.75) is 0 Å². The lowest BCUT2D eigenvalue weighted by atomic mass is 10.6. The number of hydrogen-bond donors (Lipinski definition) is 2. The zero-order chi connectivity index (χ0) is 7.61. The molecule has 0 aliphatic carbocycles. The predicted molar refractivity (Wildman–Crippen MR) is 41.8 cm³/mol. The van der Waals surface area contributed by atoms with Crippen molar-refractivity contribution in [2.24, 2.45) is 5.14 Å². The smallest absolute Gasteiger partial charge is 0.256 e. The summed E-state index contributed by atoms with van der Waals surface area (Å²) >= 11 is 0. The molecule has 1 aliphatic heterocycles. The lowest BCUT2D eigenvalue weighted by Gasteiger charge is -2.08. The molecule has 0 spiro atoms. The fraction of sp³-hybridized carbons (Fsp3) is 0. The fourth-order valence-corrected chi connectivity index (χ4v) is 0.878. The second-order valence-corrected chi connectivity index (χ2v) is 3.15. The van der Waals surface area contributed by atoms with Gasteiger partial charge in [-0.05, 0) is 12.2 Å². The van der Waals surface area contributed by atoms with Crippen molar-refractivity contribution in [3.8, 4) is 0 Å². The maximum Gasteiger partial charge on any atom is 0.256 e. The van der Waals surface area contributed by atoms with Gasteiger partial charge in [-0.1, -0.05) is 0 Å². The van der Waals surface area contributed by atoms with Crippen LogP contribution < -0.4 is 10.6 Å². The van der Waals surface area contributed by atoms with Gasteiger partial charge in [-0.2, -0.15) is 0 Å². The summed E-state index contributed by atoms with van der Waals surface area (Å²) in [5.41, 5.74) is 2.12. The topological polar surface area (TPSA) is 81.4 Å². The van der Waals surface area contributed by atoms with Gasteiger partial charge in [-0.15, -0.1) is 12.4 Å². The van der Waals surface area contributed by atoms with Crippen molar-refractivity contribution < 1.29 is 13.3 Å². The molecule has 0 amide bonds. The third kappa shape index (κ3) is 2.79. The van der Waals surface area contributed by atoms with Crippen molar-refractivity contribution >= 4 is 22.4 Å². The van der Waals surface area contributed by atoms with Gasteiger partial charge in [0.25, 0.3) is 10.0 Å². The Hall–Kier alpha value is -0.720. The molecule has 11 heavy (non-hydrogen) atoms. The molecule has 1 heterocycles. The van der Waals surface area contributed by atoms with Crippen molar-refractivity contribution in [3.05, 3.63) is 23.4 Å². The lowest BCUT2D eigenvalue weighted by molar-refractivity contribution is 0.167. The Labute approximate surface area is 70.3 Å². The van der Waals surface area contributed by atoms with Crippen LogP contribution in [0, 0.1) is 0 Å². The molecule has 0 fully saturated rings. The van der Waals surface area contributed by atoms with Crippen molar-refractivity contribution in [2.75, 3.05) is 0 Å². The van der Waals surface area contributed by atoms with Crippen LogP contribution in [-0.2, 0) is 14.9 Å². The van der Waals surface area contributed by atoms with E-state index in [0.29, 0.717) is 0 Å². The maximum absolute atomic E-state index is 10.5. The van der Waals surface area contributed by atoms with Crippen molar-refractivity contribution in [1.82, 2.24) is 5.48 Å². The molecule has 64 valence electrons. The van der Waals surface area contributed by atoms with E-state index in [-0.39, 0.29) is 17.4 Å². The minimum atomic E-state index is -3.65. The molecular formula is C4H7ClN2O3S. The third-order valence-electron chi connectivity index (χ3n) is 0.860. The molecule has 0 aromatic carbocycles. The van der Waals surface area contributed by atoms with E-state index >= 15 is 0 Å². The lowest BCUT2D eigenvalue weighted by Crippen LogP contribution is -2.26. The molecule has 0 aromatic heterocycles. The first-order valence-corrected chi connectivity index (χ1v) is 3.96. The Balaban J connectivity index is 0.000001000. The SMILES string of the molecule is Cl.NS(=O)(=O)C1=CC=CON1. The first kappa shape index (κ1) is 10.3. The Morgan fingerprint density at radius 2 is 2.18 bits per heavy atom. The molecule has 7 heteroatoms. The van der Waals surface area contributed by atoms with E-state index in [1.54, 1.807) is 0 Å². The number of sulfonamides is 1. The first-order valence-electron chi connectivity index (χ1n) is 2.42. The highest BCUT2D eigenvalue weighted by molar-refractivity contribution is 7.93. The van der Waals surface area contributed by atoms with Crippen LogP contribution in [0.15, 0.2) is 23.4 Å². The van der Waals surface area contributed by atoms with Crippen LogP contribution in [0.5, 0.6) is 0 Å². The highest BCUT2D eigenvalue weighted by Crippen LogP contribution is 2.01. The van der Waals surface area contributed by atoms with E-state index in [1.165, 1.54) is 18.4 Å². The van der Waals surface area contributed by atoms with Crippen LogP contribution in [0.2, 0.25) is 0 Å². The normalized spacial score (nSPS) is 15.5. The summed E-state index contributed by atoms with van der Waals surface area (Å²) in [4.78, 5) is 4.45. The Kier molecular flexibility index (Phi) is 3.37. The van der Waals surface area contributed by atoms with Crippen LogP contribution in [0.3, 0.4) is 0 Å². The molecule has 0 saturated heterocycles. The molecule has 1 rings (SSSR count). The van der Waals surface area contributed by atoms with Crippen molar-refractivity contribution in [1.29, 1.82) is 0 Å². The van der Waals surface area contributed by atoms with Gasteiger partial charge >= 0.3 is 0 Å². The Bertz CT molecular complexity index is 282. The summed E-state index contributed by atoms with van der Waals surface area (Å²) in [5.74, 6) is 0. The predicted octanol–water partition coefficient (Wildman–Crippen LogP) is -0.413. The molecule has 0 aromatic rings. The molecule has 5 nitrogen and oxygen atoms in total. The van der Waals surface area contributed by atoms with Gasteiger partial charge in [0.05, 0.1) is 0 Å². The molecule has 0 bridgehead atoms. The monoisotopic (exact) mass is 198 g/mol. The molecule has 1 aliphatic rings. The largest absolute Gasteiger partial charge is 0.389 e. The summed E-state index contributed by atoms with van der Waals surface area (Å²) in [7, 11) is -3.65. The third-order valence-corrected chi connectivity index (χ3v) is 1.69. The standard InChI is InChI=1S/C4H6N2O3S.ClH/c5-10(7,8)4-2-1-3-9-6-4;/h1-3,6H,(H2,5,7,8);1H. The first-order chi connectivity index (χ1) is 4.61. The summed E-state index contributed by atoms with van der Waals surface area (Å²) in [6, 6.07) is 0. The second-order valence-electron chi connectivity index (χ2n) is 1.62. The number of nitrogens with one attached hydrogen (secondary N) is 1. The fourth-order valence-electron chi connectivity index (χ4n) is 0.445. The summed E-state index contributed by atoms with van der Waals surface area (Å²) in [6.45, 7) is 0. The average molecular weight is 199 g/mol. The number of rotatable bonds is 1. The molecule has 0 atom stereocenters. The quantitative estimate of drug-likeness (QED) is 0.600. The molecular weight excluding hydrogens is 192 g/mol. The zero-order valence-electron chi connectivity index (χ0n) is 5.35. The minimum absolute atomic E-state index is 0. The van der Waals surface area contributed by atoms with Gasteiger partial charge in [0, 0.05) is 0 Å². The van der Waals surface area contributed by atoms with Crippen LogP contribution in [-0.4, -0.2) is 8.42 Å².